The Morgan fingerprint density at radius 1 is 1.19 bits per heavy atom. The number of piperidine rings is 1. The molecule has 1 aromatic heterocycles. The molecule has 1 aromatic carbocycles. The molecule has 0 bridgehead atoms. The molecule has 1 fully saturated rings. The van der Waals surface area contributed by atoms with Crippen LogP contribution in [0.1, 0.15) is 24.1 Å². The molecule has 192 valence electrons. The Kier molecular flexibility index (Phi) is 6.29. The van der Waals surface area contributed by atoms with Gasteiger partial charge in [0.2, 0.25) is 5.91 Å². The third kappa shape index (κ3) is 4.83. The smallest absolute Gasteiger partial charge is 0.250 e. The molecule has 0 spiro atoms. The molecule has 2 unspecified atom stereocenters. The van der Waals surface area contributed by atoms with Gasteiger partial charge in [0.15, 0.2) is 9.84 Å². The number of carbonyl (C=O) groups excluding carboxylic acids is 1. The van der Waals surface area contributed by atoms with E-state index in [-0.39, 0.29) is 55.5 Å². The predicted octanol–water partition coefficient (Wildman–Crippen LogP) is 3.72. The lowest BCUT2D eigenvalue weighted by atomic mass is 9.90. The Balaban J connectivity index is 1.38. The topological polar surface area (TPSA) is 75.5 Å². The van der Waals surface area contributed by atoms with Gasteiger partial charge in [-0.1, -0.05) is 23.8 Å². The molecular weight excluding hydrogens is 517 g/mol. The third-order valence-electron chi connectivity index (χ3n) is 6.88. The Morgan fingerprint density at radius 3 is 2.58 bits per heavy atom. The van der Waals surface area contributed by atoms with Crippen LogP contribution >= 0.6 is 11.6 Å². The fourth-order valence-electron chi connectivity index (χ4n) is 4.91. The van der Waals surface area contributed by atoms with E-state index in [1.807, 2.05) is 4.90 Å². The second-order valence-corrected chi connectivity index (χ2v) is 11.9. The third-order valence-corrected chi connectivity index (χ3v) is 8.24. The number of fused-ring (bicyclic) bond motifs is 1. The van der Waals surface area contributed by atoms with Crippen molar-refractivity contribution >= 4 is 27.3 Å². The number of rotatable bonds is 4. The first-order valence-electron chi connectivity index (χ1n) is 11.4. The van der Waals surface area contributed by atoms with Gasteiger partial charge in [-0.15, -0.1) is 0 Å². The summed E-state index contributed by atoms with van der Waals surface area (Å²) in [6.45, 7) is 0.581. The standard InChI is InChI=1S/C24H24ClF3N4O3S/c1-36(34,35)17-3-5-21(30-8-6-24(27,28)7-9-30)18(11-17)23(33)31-12-15-13-32(29-20(15)14-31)22-10-16(25)2-4-19(22)26/h2-5,10-11,13,18,21H,6-9,12,14H2,1H3. The average molecular weight is 541 g/mol. The van der Waals surface area contributed by atoms with Gasteiger partial charge in [0, 0.05) is 61.6 Å². The van der Waals surface area contributed by atoms with Gasteiger partial charge >= 0.3 is 0 Å². The van der Waals surface area contributed by atoms with Crippen LogP contribution in [0.2, 0.25) is 5.02 Å². The Bertz CT molecular complexity index is 1360. The van der Waals surface area contributed by atoms with Crippen LogP contribution in [-0.2, 0) is 27.7 Å². The van der Waals surface area contributed by atoms with E-state index in [9.17, 15) is 26.4 Å². The van der Waals surface area contributed by atoms with Gasteiger partial charge in [-0.25, -0.2) is 26.3 Å². The number of sulfone groups is 1. The monoisotopic (exact) mass is 540 g/mol. The molecule has 2 atom stereocenters. The quantitative estimate of drug-likeness (QED) is 0.591. The summed E-state index contributed by atoms with van der Waals surface area (Å²) >= 11 is 5.99. The van der Waals surface area contributed by atoms with Crippen LogP contribution in [0.4, 0.5) is 13.2 Å². The molecule has 2 aliphatic heterocycles. The fraction of sp³-hybridized carbons (Fsp3) is 0.417. The van der Waals surface area contributed by atoms with E-state index >= 15 is 0 Å². The van der Waals surface area contributed by atoms with E-state index in [1.54, 1.807) is 17.2 Å². The van der Waals surface area contributed by atoms with Crippen LogP contribution in [-0.4, -0.2) is 65.2 Å². The summed E-state index contributed by atoms with van der Waals surface area (Å²) in [5, 5.41) is 4.79. The summed E-state index contributed by atoms with van der Waals surface area (Å²) in [6.07, 6.45) is 6.57. The molecule has 1 saturated heterocycles. The molecule has 5 rings (SSSR count). The highest BCUT2D eigenvalue weighted by Crippen LogP contribution is 2.34. The number of allylic oxidation sites excluding steroid dienone is 1. The molecule has 3 aliphatic rings. The second kappa shape index (κ2) is 9.04. The number of likely N-dealkylation sites (tertiary alicyclic amines) is 1. The maximum atomic E-state index is 14.3. The highest BCUT2D eigenvalue weighted by molar-refractivity contribution is 7.94. The average Bonchev–Trinajstić information content (AvgIpc) is 3.39. The predicted molar refractivity (Wildman–Crippen MR) is 128 cm³/mol. The number of hydrogen-bond donors (Lipinski definition) is 0. The molecule has 0 radical (unpaired) electrons. The van der Waals surface area contributed by atoms with E-state index in [2.05, 4.69) is 5.10 Å². The van der Waals surface area contributed by atoms with Crippen LogP contribution in [0.15, 0.2) is 47.5 Å². The number of alkyl halides is 2. The first-order chi connectivity index (χ1) is 16.9. The van der Waals surface area contributed by atoms with E-state index < -0.39 is 33.5 Å². The van der Waals surface area contributed by atoms with Gasteiger partial charge in [-0.3, -0.25) is 9.69 Å². The van der Waals surface area contributed by atoms with Crippen molar-refractivity contribution in [3.63, 3.8) is 0 Å². The molecule has 0 N–H and O–H groups in total. The van der Waals surface area contributed by atoms with Crippen molar-refractivity contribution < 1.29 is 26.4 Å². The summed E-state index contributed by atoms with van der Waals surface area (Å²) in [4.78, 5) is 17.0. The van der Waals surface area contributed by atoms with E-state index in [4.69, 9.17) is 11.6 Å². The van der Waals surface area contributed by atoms with Gasteiger partial charge in [-0.05, 0) is 24.3 Å². The summed E-state index contributed by atoms with van der Waals surface area (Å²) in [5.41, 5.74) is 1.51. The van der Waals surface area contributed by atoms with E-state index in [0.29, 0.717) is 10.7 Å². The van der Waals surface area contributed by atoms with Gasteiger partial charge in [0.25, 0.3) is 5.92 Å². The van der Waals surface area contributed by atoms with Crippen molar-refractivity contribution in [3.05, 3.63) is 69.6 Å². The zero-order valence-electron chi connectivity index (χ0n) is 19.4. The first-order valence-corrected chi connectivity index (χ1v) is 13.7. The Morgan fingerprint density at radius 2 is 1.92 bits per heavy atom. The minimum absolute atomic E-state index is 0.0259. The van der Waals surface area contributed by atoms with E-state index in [0.717, 1.165) is 11.8 Å². The lowest BCUT2D eigenvalue weighted by Gasteiger charge is -2.40. The van der Waals surface area contributed by atoms with Gasteiger partial charge in [0.1, 0.15) is 11.5 Å². The zero-order valence-corrected chi connectivity index (χ0v) is 20.9. The number of benzene rings is 1. The number of nitrogens with zero attached hydrogens (tertiary/aromatic N) is 4. The fourth-order valence-corrected chi connectivity index (χ4v) is 5.80. The number of carbonyl (C=O) groups is 1. The van der Waals surface area contributed by atoms with Crippen molar-refractivity contribution in [1.82, 2.24) is 19.6 Å². The normalized spacial score (nSPS) is 24.0. The molecule has 36 heavy (non-hydrogen) atoms. The molecule has 7 nitrogen and oxygen atoms in total. The van der Waals surface area contributed by atoms with Crippen molar-refractivity contribution in [2.45, 2.75) is 37.9 Å². The molecular formula is C24H24ClF3N4O3S. The molecule has 1 aliphatic carbocycles. The minimum Gasteiger partial charge on any atom is -0.332 e. The maximum absolute atomic E-state index is 14.3. The zero-order chi connectivity index (χ0) is 25.8. The van der Waals surface area contributed by atoms with Crippen molar-refractivity contribution in [2.75, 3.05) is 19.3 Å². The lowest BCUT2D eigenvalue weighted by molar-refractivity contribution is -0.137. The number of amides is 1. The summed E-state index contributed by atoms with van der Waals surface area (Å²) in [6, 6.07) is 3.61. The molecule has 1 amide bonds. The molecule has 2 aromatic rings. The summed E-state index contributed by atoms with van der Waals surface area (Å²) in [7, 11) is -3.57. The van der Waals surface area contributed by atoms with Gasteiger partial charge < -0.3 is 4.90 Å². The van der Waals surface area contributed by atoms with Crippen molar-refractivity contribution in [3.8, 4) is 5.69 Å². The van der Waals surface area contributed by atoms with E-state index in [1.165, 1.54) is 35.0 Å². The minimum atomic E-state index is -3.57. The van der Waals surface area contributed by atoms with Crippen LogP contribution in [0.25, 0.3) is 5.69 Å². The largest absolute Gasteiger partial charge is 0.332 e. The molecule has 12 heteroatoms. The molecule has 3 heterocycles. The summed E-state index contributed by atoms with van der Waals surface area (Å²) in [5.74, 6) is -4.40. The summed E-state index contributed by atoms with van der Waals surface area (Å²) < 4.78 is 67.5. The van der Waals surface area contributed by atoms with Gasteiger partial charge in [-0.2, -0.15) is 5.10 Å². The Labute approximate surface area is 211 Å². The van der Waals surface area contributed by atoms with Crippen molar-refractivity contribution in [1.29, 1.82) is 0 Å². The highest BCUT2D eigenvalue weighted by atomic mass is 35.5. The van der Waals surface area contributed by atoms with Gasteiger partial charge in [0.05, 0.1) is 23.1 Å². The number of hydrogen-bond acceptors (Lipinski definition) is 5. The molecule has 0 saturated carbocycles. The number of halogens is 4. The van der Waals surface area contributed by atoms with Crippen molar-refractivity contribution in [2.24, 2.45) is 5.92 Å². The number of aromatic nitrogens is 2. The van der Waals surface area contributed by atoms with Crippen LogP contribution in [0.3, 0.4) is 0 Å². The van der Waals surface area contributed by atoms with Crippen LogP contribution in [0, 0.1) is 11.7 Å². The Hall–Kier alpha value is -2.63. The van der Waals surface area contributed by atoms with Crippen LogP contribution in [0.5, 0.6) is 0 Å². The van der Waals surface area contributed by atoms with Crippen LogP contribution < -0.4 is 0 Å². The highest BCUT2D eigenvalue weighted by Gasteiger charge is 2.42. The lowest BCUT2D eigenvalue weighted by Crippen LogP contribution is -2.51. The maximum Gasteiger partial charge on any atom is 0.250 e. The first kappa shape index (κ1) is 25.0. The SMILES string of the molecule is CS(=O)(=O)C1=CC(C(=O)N2Cc3cn(-c4cc(Cl)ccc4F)nc3C2)C(N2CCC(F)(F)CC2)C=C1. The second-order valence-electron chi connectivity index (χ2n) is 9.44.